The molecule has 3 aromatic rings. The highest BCUT2D eigenvalue weighted by atomic mass is 32.2. The van der Waals surface area contributed by atoms with Crippen LogP contribution in [0.5, 0.6) is 5.75 Å². The van der Waals surface area contributed by atoms with Gasteiger partial charge in [0.25, 0.3) is 0 Å². The van der Waals surface area contributed by atoms with Crippen LogP contribution >= 0.6 is 11.8 Å². The first-order valence-electron chi connectivity index (χ1n) is 7.37. The van der Waals surface area contributed by atoms with Crippen molar-refractivity contribution < 1.29 is 9.66 Å². The van der Waals surface area contributed by atoms with Crippen LogP contribution in [0.25, 0.3) is 0 Å². The second-order valence-electron chi connectivity index (χ2n) is 5.25. The summed E-state index contributed by atoms with van der Waals surface area (Å²) < 4.78 is 8.56. The van der Waals surface area contributed by atoms with Crippen LogP contribution in [0.4, 0.5) is 5.69 Å². The molecule has 0 spiro atoms. The number of hydrogen-bond acceptors (Lipinski definition) is 7. The molecule has 10 heteroatoms. The third kappa shape index (κ3) is 3.97. The van der Waals surface area contributed by atoms with Crippen molar-refractivity contribution in [3.63, 3.8) is 0 Å². The summed E-state index contributed by atoms with van der Waals surface area (Å²) >= 11 is 1.41. The molecule has 0 saturated carbocycles. The Kier molecular flexibility index (Phi) is 4.98. The fraction of sp³-hybridized carbons (Fsp3) is 0.267. The van der Waals surface area contributed by atoms with E-state index < -0.39 is 4.92 Å². The lowest BCUT2D eigenvalue weighted by molar-refractivity contribution is -0.385. The van der Waals surface area contributed by atoms with Crippen LogP contribution in [0, 0.1) is 10.1 Å². The largest absolute Gasteiger partial charge is 0.497 e. The van der Waals surface area contributed by atoms with Gasteiger partial charge in [0.05, 0.1) is 17.9 Å². The van der Waals surface area contributed by atoms with Gasteiger partial charge in [-0.1, -0.05) is 23.9 Å². The highest BCUT2D eigenvalue weighted by molar-refractivity contribution is 7.98. The predicted molar refractivity (Wildman–Crippen MR) is 91.5 cm³/mol. The molecule has 0 aliphatic heterocycles. The number of benzene rings is 1. The van der Waals surface area contributed by atoms with E-state index in [2.05, 4.69) is 15.3 Å². The van der Waals surface area contributed by atoms with Crippen molar-refractivity contribution in [2.24, 2.45) is 7.05 Å². The van der Waals surface area contributed by atoms with E-state index in [9.17, 15) is 10.1 Å². The summed E-state index contributed by atoms with van der Waals surface area (Å²) in [6, 6.07) is 7.80. The van der Waals surface area contributed by atoms with Gasteiger partial charge in [0.1, 0.15) is 24.0 Å². The average Bonchev–Trinajstić information content (AvgIpc) is 3.22. The summed E-state index contributed by atoms with van der Waals surface area (Å²) in [5.41, 5.74) is 1.08. The molecule has 0 N–H and O–H groups in total. The lowest BCUT2D eigenvalue weighted by Crippen LogP contribution is -2.02. The Balaban J connectivity index is 1.64. The number of aromatic nitrogens is 5. The van der Waals surface area contributed by atoms with E-state index in [-0.39, 0.29) is 5.69 Å². The van der Waals surface area contributed by atoms with Crippen molar-refractivity contribution in [3.8, 4) is 5.75 Å². The van der Waals surface area contributed by atoms with Gasteiger partial charge in [-0.25, -0.2) is 0 Å². The molecule has 9 nitrogen and oxygen atoms in total. The second-order valence-corrected chi connectivity index (χ2v) is 6.16. The van der Waals surface area contributed by atoms with E-state index in [0.717, 1.165) is 22.3 Å². The molecule has 0 amide bonds. The number of ether oxygens (including phenoxy) is 1. The molecule has 0 saturated heterocycles. The molecular formula is C15H16N6O3S. The predicted octanol–water partition coefficient (Wildman–Crippen LogP) is 2.27. The zero-order valence-corrected chi connectivity index (χ0v) is 14.5. The van der Waals surface area contributed by atoms with E-state index in [1.54, 1.807) is 7.11 Å². The maximum Gasteiger partial charge on any atom is 0.307 e. The van der Waals surface area contributed by atoms with Crippen LogP contribution in [0.3, 0.4) is 0 Å². The second kappa shape index (κ2) is 7.34. The van der Waals surface area contributed by atoms with Gasteiger partial charge in [0.15, 0.2) is 5.16 Å². The molecule has 0 unspecified atom stereocenters. The molecule has 0 aliphatic carbocycles. The molecule has 0 atom stereocenters. The minimum absolute atomic E-state index is 0.0289. The molecule has 0 radical (unpaired) electrons. The van der Waals surface area contributed by atoms with Crippen LogP contribution in [0.2, 0.25) is 0 Å². The third-order valence-corrected chi connectivity index (χ3v) is 4.61. The smallest absolute Gasteiger partial charge is 0.307 e. The molecule has 1 aromatic carbocycles. The van der Waals surface area contributed by atoms with Gasteiger partial charge in [-0.3, -0.25) is 14.8 Å². The SMILES string of the molecule is COc1ccc(Cc2nnc(SCn3cc([N+](=O)[O-])cn3)n2C)cc1. The Morgan fingerprint density at radius 1 is 1.28 bits per heavy atom. The van der Waals surface area contributed by atoms with E-state index in [4.69, 9.17) is 4.74 Å². The summed E-state index contributed by atoms with van der Waals surface area (Å²) in [4.78, 5) is 10.2. The van der Waals surface area contributed by atoms with Crippen LogP contribution in [-0.2, 0) is 19.3 Å². The normalized spacial score (nSPS) is 10.8. The van der Waals surface area contributed by atoms with Crippen LogP contribution in [0.15, 0.2) is 41.8 Å². The zero-order chi connectivity index (χ0) is 17.8. The first-order valence-corrected chi connectivity index (χ1v) is 8.36. The third-order valence-electron chi connectivity index (χ3n) is 3.60. The number of rotatable bonds is 7. The Morgan fingerprint density at radius 3 is 2.68 bits per heavy atom. The Labute approximate surface area is 147 Å². The van der Waals surface area contributed by atoms with E-state index >= 15 is 0 Å². The summed E-state index contributed by atoms with van der Waals surface area (Å²) in [5, 5.41) is 23.8. The quantitative estimate of drug-likeness (QED) is 0.362. The fourth-order valence-corrected chi connectivity index (χ4v) is 2.98. The van der Waals surface area contributed by atoms with Gasteiger partial charge in [-0.2, -0.15) is 5.10 Å². The van der Waals surface area contributed by atoms with Crippen molar-refractivity contribution in [1.82, 2.24) is 24.5 Å². The molecule has 0 aliphatic rings. The monoisotopic (exact) mass is 360 g/mol. The molecular weight excluding hydrogens is 344 g/mol. The Hall–Kier alpha value is -2.88. The van der Waals surface area contributed by atoms with Crippen molar-refractivity contribution in [2.45, 2.75) is 17.5 Å². The molecule has 2 heterocycles. The fourth-order valence-electron chi connectivity index (χ4n) is 2.19. The van der Waals surface area contributed by atoms with Crippen LogP contribution in [0.1, 0.15) is 11.4 Å². The summed E-state index contributed by atoms with van der Waals surface area (Å²) in [6.07, 6.45) is 3.27. The average molecular weight is 360 g/mol. The first kappa shape index (κ1) is 17.0. The maximum atomic E-state index is 10.7. The lowest BCUT2D eigenvalue weighted by atomic mass is 10.1. The molecule has 0 bridgehead atoms. The van der Waals surface area contributed by atoms with E-state index in [1.807, 2.05) is 35.9 Å². The number of nitrogens with zero attached hydrogens (tertiary/aromatic N) is 6. The van der Waals surface area contributed by atoms with Gasteiger partial charge in [0, 0.05) is 13.5 Å². The Morgan fingerprint density at radius 2 is 2.04 bits per heavy atom. The van der Waals surface area contributed by atoms with Crippen molar-refractivity contribution in [1.29, 1.82) is 0 Å². The first-order chi connectivity index (χ1) is 12.1. The highest BCUT2D eigenvalue weighted by Crippen LogP contribution is 2.20. The number of nitro groups is 1. The highest BCUT2D eigenvalue weighted by Gasteiger charge is 2.12. The molecule has 25 heavy (non-hydrogen) atoms. The molecule has 3 rings (SSSR count). The Bertz CT molecular complexity index is 874. The van der Waals surface area contributed by atoms with Gasteiger partial charge in [-0.05, 0) is 17.7 Å². The van der Waals surface area contributed by atoms with Gasteiger partial charge < -0.3 is 9.30 Å². The molecule has 130 valence electrons. The van der Waals surface area contributed by atoms with Crippen LogP contribution < -0.4 is 4.74 Å². The maximum absolute atomic E-state index is 10.7. The lowest BCUT2D eigenvalue weighted by Gasteiger charge is -2.05. The summed E-state index contributed by atoms with van der Waals surface area (Å²) in [7, 11) is 3.53. The topological polar surface area (TPSA) is 101 Å². The van der Waals surface area contributed by atoms with Crippen LogP contribution in [-0.4, -0.2) is 36.6 Å². The zero-order valence-electron chi connectivity index (χ0n) is 13.7. The molecule has 2 aromatic heterocycles. The van der Waals surface area contributed by atoms with Crippen molar-refractivity contribution in [2.75, 3.05) is 7.11 Å². The van der Waals surface area contributed by atoms with Crippen molar-refractivity contribution >= 4 is 17.4 Å². The van der Waals surface area contributed by atoms with Gasteiger partial charge in [-0.15, -0.1) is 10.2 Å². The van der Waals surface area contributed by atoms with E-state index in [1.165, 1.54) is 28.8 Å². The minimum atomic E-state index is -0.469. The van der Waals surface area contributed by atoms with Gasteiger partial charge >= 0.3 is 5.69 Å². The minimum Gasteiger partial charge on any atom is -0.497 e. The summed E-state index contributed by atoms with van der Waals surface area (Å²) in [6.45, 7) is 0. The van der Waals surface area contributed by atoms with Gasteiger partial charge in [0.2, 0.25) is 0 Å². The molecule has 0 fully saturated rings. The van der Waals surface area contributed by atoms with E-state index in [0.29, 0.717) is 12.3 Å². The number of hydrogen-bond donors (Lipinski definition) is 0. The summed E-state index contributed by atoms with van der Waals surface area (Å²) in [5.74, 6) is 2.06. The van der Waals surface area contributed by atoms with Crippen molar-refractivity contribution in [3.05, 3.63) is 58.2 Å². The number of thioether (sulfide) groups is 1. The standard InChI is InChI=1S/C15H16N6O3S/c1-19-14(7-11-3-5-13(24-2)6-4-11)17-18-15(19)25-10-20-9-12(8-16-20)21(22)23/h3-6,8-9H,7,10H2,1-2H3. The number of methoxy groups -OCH3 is 1.